The highest BCUT2D eigenvalue weighted by molar-refractivity contribution is 7.90. The van der Waals surface area contributed by atoms with E-state index < -0.39 is 16.0 Å². The number of hydrogen-bond donors (Lipinski definition) is 3. The number of anilines is 2. The van der Waals surface area contributed by atoms with Crippen LogP contribution in [0.1, 0.15) is 12.5 Å². The molecule has 10 nitrogen and oxygen atoms in total. The summed E-state index contributed by atoms with van der Waals surface area (Å²) < 4.78 is 32.4. The Morgan fingerprint density at radius 2 is 2.00 bits per heavy atom. The minimum absolute atomic E-state index is 0.121. The smallest absolute Gasteiger partial charge is 0.419 e. The Hall–Kier alpha value is -3.44. The van der Waals surface area contributed by atoms with Gasteiger partial charge >= 0.3 is 6.09 Å². The van der Waals surface area contributed by atoms with Gasteiger partial charge in [0.2, 0.25) is 5.95 Å². The maximum Gasteiger partial charge on any atom is 0.419 e. The van der Waals surface area contributed by atoms with E-state index in [4.69, 9.17) is 21.1 Å². The topological polar surface area (TPSA) is 139 Å². The quantitative estimate of drug-likeness (QED) is 0.440. The van der Waals surface area contributed by atoms with Gasteiger partial charge in [-0.2, -0.15) is 4.98 Å². The molecule has 0 fully saturated rings. The van der Waals surface area contributed by atoms with Crippen molar-refractivity contribution in [1.29, 1.82) is 4.78 Å². The van der Waals surface area contributed by atoms with E-state index in [0.29, 0.717) is 33.4 Å². The molecule has 0 radical (unpaired) electrons. The fraction of sp³-hybridized carbons (Fsp3) is 0.200. The van der Waals surface area contributed by atoms with E-state index >= 15 is 0 Å². The number of para-hydroxylation sites is 1. The molecule has 0 spiro atoms. The molecule has 1 amide bonds. The number of ether oxygens (including phenoxy) is 2. The summed E-state index contributed by atoms with van der Waals surface area (Å²) in [7, 11) is -1.91. The summed E-state index contributed by atoms with van der Waals surface area (Å²) in [6, 6.07) is 12.1. The average molecular weight is 477 g/mol. The number of hydrogen-bond acceptors (Lipinski definition) is 9. The van der Waals surface area contributed by atoms with Crippen molar-refractivity contribution in [3.8, 4) is 17.1 Å². The molecule has 1 aromatic heterocycles. The number of methoxy groups -OCH3 is 1. The van der Waals surface area contributed by atoms with Gasteiger partial charge in [-0.3, -0.25) is 0 Å². The predicted octanol–water partition coefficient (Wildman–Crippen LogP) is 4.15. The fourth-order valence-electron chi connectivity index (χ4n) is 2.81. The van der Waals surface area contributed by atoms with Crippen LogP contribution < -0.4 is 14.8 Å². The average Bonchev–Trinajstić information content (AvgIpc) is 2.73. The Morgan fingerprint density at radius 3 is 2.75 bits per heavy atom. The Kier molecular flexibility index (Phi) is 7.44. The van der Waals surface area contributed by atoms with E-state index in [-0.39, 0.29) is 18.3 Å². The van der Waals surface area contributed by atoms with Gasteiger partial charge in [-0.15, -0.1) is 0 Å². The van der Waals surface area contributed by atoms with Gasteiger partial charge in [0.25, 0.3) is 0 Å². The van der Waals surface area contributed by atoms with E-state index in [1.54, 1.807) is 49.4 Å². The lowest BCUT2D eigenvalue weighted by atomic mass is 10.2. The van der Waals surface area contributed by atoms with Gasteiger partial charge in [0.15, 0.2) is 5.82 Å². The van der Waals surface area contributed by atoms with E-state index in [1.165, 1.54) is 13.4 Å². The Morgan fingerprint density at radius 1 is 1.22 bits per heavy atom. The lowest BCUT2D eigenvalue weighted by Crippen LogP contribution is -2.31. The minimum atomic E-state index is -3.42. The number of carbonyl (C=O) groups excluding carboxylic acids is 1. The molecule has 1 unspecified atom stereocenters. The highest BCUT2D eigenvalue weighted by Crippen LogP contribution is 2.34. The molecule has 3 rings (SSSR count). The standard InChI is InChI=1S/C20H21ClN6O4S/c1-3-31-20(28)27-32(22,29)11-13-6-4-7-14(10-13)25-19-24-12-23-18(26-19)15-8-5-9-16(21)17(15)30-2/h4-10,12H,3,11H2,1-2H3,(H2,22,27,28,29)(H,23,24,25,26). The SMILES string of the molecule is CCOC(=O)NS(=N)(=O)Cc1cccc(Nc2ncnc(-c3cccc(Cl)c3OC)n2)c1. The highest BCUT2D eigenvalue weighted by Gasteiger charge is 2.15. The zero-order chi connectivity index (χ0) is 23.1. The second-order valence-corrected chi connectivity index (χ2v) is 8.67. The summed E-state index contributed by atoms with van der Waals surface area (Å²) in [6.45, 7) is 1.74. The molecular formula is C20H21ClN6O4S. The second-order valence-electron chi connectivity index (χ2n) is 6.42. The third-order valence-corrected chi connectivity index (χ3v) is 5.59. The van der Waals surface area contributed by atoms with Crippen molar-refractivity contribution in [3.63, 3.8) is 0 Å². The second kappa shape index (κ2) is 10.2. The molecule has 0 aliphatic heterocycles. The first-order valence-electron chi connectivity index (χ1n) is 9.40. The molecule has 0 saturated carbocycles. The van der Waals surface area contributed by atoms with Crippen LogP contribution in [0.15, 0.2) is 48.8 Å². The molecule has 0 aliphatic rings. The molecular weight excluding hydrogens is 456 g/mol. The third kappa shape index (κ3) is 6.05. The Balaban J connectivity index is 1.79. The number of nitrogens with zero attached hydrogens (tertiary/aromatic N) is 3. The van der Waals surface area contributed by atoms with Crippen molar-refractivity contribution >= 4 is 39.2 Å². The van der Waals surface area contributed by atoms with Crippen molar-refractivity contribution < 1.29 is 18.5 Å². The highest BCUT2D eigenvalue weighted by atomic mass is 35.5. The number of benzene rings is 2. The molecule has 1 heterocycles. The molecule has 0 saturated heterocycles. The molecule has 3 N–H and O–H groups in total. The Labute approximate surface area is 190 Å². The molecule has 1 atom stereocenters. The zero-order valence-electron chi connectivity index (χ0n) is 17.3. The number of halogens is 1. The first-order chi connectivity index (χ1) is 15.3. The summed E-state index contributed by atoms with van der Waals surface area (Å²) >= 11 is 6.18. The number of nitrogens with one attached hydrogen (secondary N) is 3. The van der Waals surface area contributed by atoms with Crippen LogP contribution in [0, 0.1) is 4.78 Å². The van der Waals surface area contributed by atoms with Crippen molar-refractivity contribution in [3.05, 3.63) is 59.4 Å². The normalized spacial score (nSPS) is 12.5. The number of rotatable bonds is 8. The van der Waals surface area contributed by atoms with E-state index in [2.05, 4.69) is 29.7 Å². The van der Waals surface area contributed by atoms with Gasteiger partial charge in [-0.25, -0.2) is 28.5 Å². The third-order valence-electron chi connectivity index (χ3n) is 4.06. The molecule has 3 aromatic rings. The monoisotopic (exact) mass is 476 g/mol. The van der Waals surface area contributed by atoms with Crippen LogP contribution in [-0.2, 0) is 20.4 Å². The lowest BCUT2D eigenvalue weighted by molar-refractivity contribution is 0.159. The molecule has 0 bridgehead atoms. The maximum absolute atomic E-state index is 12.4. The molecule has 0 aliphatic carbocycles. The van der Waals surface area contributed by atoms with E-state index in [9.17, 15) is 9.00 Å². The summed E-state index contributed by atoms with van der Waals surface area (Å²) in [6.07, 6.45) is 0.463. The van der Waals surface area contributed by atoms with Crippen molar-refractivity contribution in [2.75, 3.05) is 19.0 Å². The van der Waals surface area contributed by atoms with Gasteiger partial charge < -0.3 is 14.8 Å². The molecule has 2 aromatic carbocycles. The van der Waals surface area contributed by atoms with Crippen LogP contribution in [0.2, 0.25) is 5.02 Å². The summed E-state index contributed by atoms with van der Waals surface area (Å²) in [4.78, 5) is 24.2. The summed E-state index contributed by atoms with van der Waals surface area (Å²) in [5, 5.41) is 3.48. The van der Waals surface area contributed by atoms with Gasteiger partial charge in [0, 0.05) is 5.69 Å². The summed E-state index contributed by atoms with van der Waals surface area (Å²) in [5.74, 6) is 0.896. The molecule has 168 valence electrons. The van der Waals surface area contributed by atoms with Crippen molar-refractivity contribution in [1.82, 2.24) is 19.7 Å². The van der Waals surface area contributed by atoms with Crippen LogP contribution in [0.3, 0.4) is 0 Å². The molecule has 32 heavy (non-hydrogen) atoms. The van der Waals surface area contributed by atoms with E-state index in [0.717, 1.165) is 0 Å². The van der Waals surface area contributed by atoms with Gasteiger partial charge in [0.1, 0.15) is 22.0 Å². The number of carbonyl (C=O) groups is 1. The van der Waals surface area contributed by atoms with Gasteiger partial charge in [0.05, 0.1) is 30.1 Å². The van der Waals surface area contributed by atoms with E-state index in [1.807, 2.05) is 0 Å². The summed E-state index contributed by atoms with van der Waals surface area (Å²) in [5.41, 5.74) is 1.78. The van der Waals surface area contributed by atoms with Crippen LogP contribution in [0.5, 0.6) is 5.75 Å². The Bertz CT molecular complexity index is 1220. The predicted molar refractivity (Wildman–Crippen MR) is 121 cm³/mol. The minimum Gasteiger partial charge on any atom is -0.494 e. The van der Waals surface area contributed by atoms with Crippen LogP contribution >= 0.6 is 11.6 Å². The van der Waals surface area contributed by atoms with Crippen molar-refractivity contribution in [2.45, 2.75) is 12.7 Å². The van der Waals surface area contributed by atoms with Gasteiger partial charge in [-0.1, -0.05) is 29.8 Å². The number of aromatic nitrogens is 3. The lowest BCUT2D eigenvalue weighted by Gasteiger charge is -2.12. The maximum atomic E-state index is 12.4. The first-order valence-corrected chi connectivity index (χ1v) is 11.5. The molecule has 12 heteroatoms. The first kappa shape index (κ1) is 23.2. The van der Waals surface area contributed by atoms with Crippen LogP contribution in [0.25, 0.3) is 11.4 Å². The number of amides is 1. The fourth-order valence-corrected chi connectivity index (χ4v) is 4.11. The van der Waals surface area contributed by atoms with Crippen LogP contribution in [0.4, 0.5) is 16.4 Å². The van der Waals surface area contributed by atoms with Crippen molar-refractivity contribution in [2.24, 2.45) is 0 Å². The zero-order valence-corrected chi connectivity index (χ0v) is 18.9. The largest absolute Gasteiger partial charge is 0.494 e. The van der Waals surface area contributed by atoms with Crippen LogP contribution in [-0.4, -0.2) is 39.0 Å². The van der Waals surface area contributed by atoms with Gasteiger partial charge in [-0.05, 0) is 36.8 Å².